The van der Waals surface area contributed by atoms with Gasteiger partial charge in [-0.25, -0.2) is 13.8 Å². The largest absolute Gasteiger partial charge is 0.380 e. The van der Waals surface area contributed by atoms with E-state index < -0.39 is 29.0 Å². The van der Waals surface area contributed by atoms with Gasteiger partial charge in [0.05, 0.1) is 29.9 Å². The van der Waals surface area contributed by atoms with Gasteiger partial charge in [-0.2, -0.15) is 14.8 Å². The summed E-state index contributed by atoms with van der Waals surface area (Å²) in [5, 5.41) is 24.9. The molecule has 0 atom stereocenters. The van der Waals surface area contributed by atoms with Crippen molar-refractivity contribution in [2.45, 2.75) is 43.7 Å². The zero-order valence-electron chi connectivity index (χ0n) is 18.0. The van der Waals surface area contributed by atoms with Gasteiger partial charge < -0.3 is 16.0 Å². The number of amides is 1. The second-order valence-corrected chi connectivity index (χ2v) is 8.26. The highest BCUT2D eigenvalue weighted by atomic mass is 19.1. The molecule has 0 saturated heterocycles. The lowest BCUT2D eigenvalue weighted by molar-refractivity contribution is 0.0869. The van der Waals surface area contributed by atoms with Crippen molar-refractivity contribution in [2.75, 3.05) is 10.6 Å². The summed E-state index contributed by atoms with van der Waals surface area (Å²) in [5.41, 5.74) is 0.0491. The van der Waals surface area contributed by atoms with Crippen LogP contribution < -0.4 is 16.0 Å². The number of H-pyrrole nitrogens is 1. The van der Waals surface area contributed by atoms with E-state index in [0.717, 1.165) is 6.07 Å². The Bertz CT molecular complexity index is 1220. The molecule has 1 aliphatic rings. The van der Waals surface area contributed by atoms with E-state index in [-0.39, 0.29) is 29.5 Å². The molecule has 1 saturated carbocycles. The van der Waals surface area contributed by atoms with Crippen LogP contribution in [-0.4, -0.2) is 32.7 Å². The van der Waals surface area contributed by atoms with Crippen LogP contribution in [0.4, 0.5) is 30.4 Å². The van der Waals surface area contributed by atoms with Crippen LogP contribution in [0.2, 0.25) is 0 Å². The van der Waals surface area contributed by atoms with Gasteiger partial charge in [-0.15, -0.1) is 0 Å². The minimum absolute atomic E-state index is 0.0866. The number of pyridine rings is 1. The van der Waals surface area contributed by atoms with Gasteiger partial charge in [0, 0.05) is 30.1 Å². The van der Waals surface area contributed by atoms with E-state index in [1.54, 1.807) is 6.07 Å². The molecule has 0 aliphatic heterocycles. The Labute approximate surface area is 193 Å². The Balaban J connectivity index is 1.42. The molecule has 2 aromatic heterocycles. The molecule has 3 aromatic rings. The highest BCUT2D eigenvalue weighted by Crippen LogP contribution is 2.34. The number of aromatic amines is 1. The number of halogens is 3. The molecule has 1 aromatic carbocycles. The van der Waals surface area contributed by atoms with Crippen molar-refractivity contribution >= 4 is 23.1 Å². The molecular formula is C23H22F3N7O. The summed E-state index contributed by atoms with van der Waals surface area (Å²) in [4.78, 5) is 16.6. The first-order chi connectivity index (χ1) is 16.4. The van der Waals surface area contributed by atoms with Gasteiger partial charge in [0.2, 0.25) is 5.95 Å². The van der Waals surface area contributed by atoms with Crippen molar-refractivity contribution in [1.82, 2.24) is 20.5 Å². The van der Waals surface area contributed by atoms with Crippen LogP contribution in [0.3, 0.4) is 0 Å². The number of nitrogens with zero attached hydrogens (tertiary/aromatic N) is 3. The summed E-state index contributed by atoms with van der Waals surface area (Å²) in [6, 6.07) is 8.14. The number of carbonyl (C=O) groups excluding carboxylic acids is 1. The Kier molecular flexibility index (Phi) is 6.67. The summed E-state index contributed by atoms with van der Waals surface area (Å²) in [6.07, 6.45) is 4.87. The molecule has 0 bridgehead atoms. The molecule has 1 amide bonds. The molecule has 176 valence electrons. The van der Waals surface area contributed by atoms with Gasteiger partial charge in [0.15, 0.2) is 0 Å². The predicted molar refractivity (Wildman–Crippen MR) is 119 cm³/mol. The molecular weight excluding hydrogens is 447 g/mol. The predicted octanol–water partition coefficient (Wildman–Crippen LogP) is 4.40. The zero-order chi connectivity index (χ0) is 24.1. The number of nitriles is 1. The van der Waals surface area contributed by atoms with Gasteiger partial charge in [-0.1, -0.05) is 0 Å². The summed E-state index contributed by atoms with van der Waals surface area (Å²) in [7, 11) is 0. The SMILES string of the molecule is N#CCC1(NC(=O)c2cn[nH]c2Nc2ccnc(F)c2)CCC(Nc2ccc(F)cc2F)CC1. The molecule has 1 fully saturated rings. The van der Waals surface area contributed by atoms with Crippen LogP contribution in [0.1, 0.15) is 42.5 Å². The number of rotatable bonds is 7. The monoisotopic (exact) mass is 469 g/mol. The van der Waals surface area contributed by atoms with E-state index in [9.17, 15) is 23.2 Å². The molecule has 11 heteroatoms. The van der Waals surface area contributed by atoms with Crippen LogP contribution in [0, 0.1) is 28.9 Å². The van der Waals surface area contributed by atoms with Crippen LogP contribution in [0.25, 0.3) is 0 Å². The quantitative estimate of drug-likeness (QED) is 0.381. The molecule has 4 rings (SSSR count). The maximum atomic E-state index is 14.0. The molecule has 34 heavy (non-hydrogen) atoms. The summed E-state index contributed by atoms with van der Waals surface area (Å²) in [6.45, 7) is 0. The number of anilines is 3. The minimum atomic E-state index is -0.761. The molecule has 0 unspecified atom stereocenters. The fourth-order valence-electron chi connectivity index (χ4n) is 4.12. The van der Waals surface area contributed by atoms with E-state index in [4.69, 9.17) is 0 Å². The van der Waals surface area contributed by atoms with Crippen molar-refractivity contribution < 1.29 is 18.0 Å². The third-order valence-corrected chi connectivity index (χ3v) is 5.91. The van der Waals surface area contributed by atoms with Crippen molar-refractivity contribution in [2.24, 2.45) is 0 Å². The average Bonchev–Trinajstić information content (AvgIpc) is 3.26. The van der Waals surface area contributed by atoms with Crippen molar-refractivity contribution in [3.63, 3.8) is 0 Å². The first-order valence-electron chi connectivity index (χ1n) is 10.7. The summed E-state index contributed by atoms with van der Waals surface area (Å²) in [5.74, 6) is -2.15. The molecule has 8 nitrogen and oxygen atoms in total. The van der Waals surface area contributed by atoms with Crippen molar-refractivity contribution in [3.05, 3.63) is 65.9 Å². The van der Waals surface area contributed by atoms with E-state index in [1.807, 2.05) is 0 Å². The number of benzene rings is 1. The number of hydrogen-bond acceptors (Lipinski definition) is 6. The van der Waals surface area contributed by atoms with Gasteiger partial charge in [0.1, 0.15) is 23.0 Å². The summed E-state index contributed by atoms with van der Waals surface area (Å²) < 4.78 is 40.5. The zero-order valence-corrected chi connectivity index (χ0v) is 18.0. The molecule has 2 heterocycles. The van der Waals surface area contributed by atoms with Crippen LogP contribution in [0.15, 0.2) is 42.7 Å². The molecule has 4 N–H and O–H groups in total. The lowest BCUT2D eigenvalue weighted by Crippen LogP contribution is -2.52. The fraction of sp³-hybridized carbons (Fsp3) is 0.304. The minimum Gasteiger partial charge on any atom is -0.380 e. The third kappa shape index (κ3) is 5.28. The van der Waals surface area contributed by atoms with E-state index in [2.05, 4.69) is 37.2 Å². The summed E-state index contributed by atoms with van der Waals surface area (Å²) >= 11 is 0. The second kappa shape index (κ2) is 9.82. The van der Waals surface area contributed by atoms with Crippen molar-refractivity contribution in [1.29, 1.82) is 5.26 Å². The first kappa shape index (κ1) is 23.1. The fourth-order valence-corrected chi connectivity index (χ4v) is 4.12. The van der Waals surface area contributed by atoms with Crippen LogP contribution in [0.5, 0.6) is 0 Å². The standard InChI is InChI=1S/C23H22F3N7O/c24-14-1-2-19(18(25)11-14)30-15-3-6-23(7-4-15,8-9-27)32-22(34)17-13-29-33-21(17)31-16-5-10-28-20(26)12-16/h1-2,5,10-13,15,30H,3-4,6-8H2,(H,32,34)(H2,28,29,31,33). The van der Waals surface area contributed by atoms with E-state index >= 15 is 0 Å². The lowest BCUT2D eigenvalue weighted by atomic mass is 9.77. The smallest absolute Gasteiger partial charge is 0.257 e. The topological polar surface area (TPSA) is 119 Å². The molecule has 0 spiro atoms. The van der Waals surface area contributed by atoms with Gasteiger partial charge in [-0.05, 0) is 43.9 Å². The van der Waals surface area contributed by atoms with Gasteiger partial charge in [0.25, 0.3) is 5.91 Å². The van der Waals surface area contributed by atoms with E-state index in [0.29, 0.717) is 31.4 Å². The van der Waals surface area contributed by atoms with Crippen molar-refractivity contribution in [3.8, 4) is 6.07 Å². The van der Waals surface area contributed by atoms with Crippen LogP contribution >= 0.6 is 0 Å². The highest BCUT2D eigenvalue weighted by Gasteiger charge is 2.37. The van der Waals surface area contributed by atoms with Gasteiger partial charge >= 0.3 is 0 Å². The Morgan fingerprint density at radius 3 is 2.71 bits per heavy atom. The lowest BCUT2D eigenvalue weighted by Gasteiger charge is -2.40. The number of hydrogen-bond donors (Lipinski definition) is 4. The average molecular weight is 469 g/mol. The second-order valence-electron chi connectivity index (χ2n) is 8.26. The Morgan fingerprint density at radius 2 is 2.00 bits per heavy atom. The Hall–Kier alpha value is -4.07. The maximum Gasteiger partial charge on any atom is 0.257 e. The van der Waals surface area contributed by atoms with Gasteiger partial charge in [-0.3, -0.25) is 9.89 Å². The van der Waals surface area contributed by atoms with E-state index in [1.165, 1.54) is 30.6 Å². The number of carbonyl (C=O) groups is 1. The first-order valence-corrected chi connectivity index (χ1v) is 10.7. The number of aromatic nitrogens is 3. The third-order valence-electron chi connectivity index (χ3n) is 5.91. The number of nitrogens with one attached hydrogen (secondary N) is 4. The molecule has 0 radical (unpaired) electrons. The highest BCUT2D eigenvalue weighted by molar-refractivity contribution is 5.99. The molecule has 1 aliphatic carbocycles. The van der Waals surface area contributed by atoms with Crippen LogP contribution in [-0.2, 0) is 0 Å². The Morgan fingerprint density at radius 1 is 1.21 bits per heavy atom. The normalized spacial score (nSPS) is 19.8. The maximum absolute atomic E-state index is 14.0.